The second-order valence-electron chi connectivity index (χ2n) is 6.14. The van der Waals surface area contributed by atoms with E-state index in [1.807, 2.05) is 31.2 Å². The van der Waals surface area contributed by atoms with Gasteiger partial charge in [-0.15, -0.1) is 0 Å². The molecule has 0 amide bonds. The van der Waals surface area contributed by atoms with Crippen LogP contribution >= 0.6 is 22.6 Å². The van der Waals surface area contributed by atoms with Gasteiger partial charge in [-0.1, -0.05) is 6.07 Å². The topological polar surface area (TPSA) is 38.2 Å². The molecule has 1 aromatic carbocycles. The van der Waals surface area contributed by atoms with Crippen molar-refractivity contribution in [2.24, 2.45) is 0 Å². The summed E-state index contributed by atoms with van der Waals surface area (Å²) in [6, 6.07) is 7.65. The maximum Gasteiger partial charge on any atom is 0.423 e. The van der Waals surface area contributed by atoms with Crippen molar-refractivity contribution in [1.82, 2.24) is 9.97 Å². The predicted molar refractivity (Wildman–Crippen MR) is 102 cm³/mol. The lowest BCUT2D eigenvalue weighted by Crippen LogP contribution is -2.22. The molecule has 0 atom stereocenters. The molecule has 140 valence electrons. The molecule has 0 radical (unpaired) electrons. The van der Waals surface area contributed by atoms with E-state index < -0.39 is 11.7 Å². The Morgan fingerprint density at radius 2 is 2.00 bits per heavy atom. The number of benzene rings is 1. The molecule has 0 aliphatic heterocycles. The van der Waals surface area contributed by atoms with Crippen molar-refractivity contribution >= 4 is 34.2 Å². The van der Waals surface area contributed by atoms with Crippen molar-refractivity contribution in [3.05, 3.63) is 39.6 Å². The summed E-state index contributed by atoms with van der Waals surface area (Å²) in [5.74, 6) is -0.172. The summed E-state index contributed by atoms with van der Waals surface area (Å²) in [5, 5.41) is 0. The van der Waals surface area contributed by atoms with Crippen molar-refractivity contribution in [1.29, 1.82) is 0 Å². The van der Waals surface area contributed by atoms with Gasteiger partial charge in [0.1, 0.15) is 11.7 Å². The van der Waals surface area contributed by atoms with E-state index in [-0.39, 0.29) is 17.9 Å². The Balaban J connectivity index is 1.98. The monoisotopic (exact) mass is 477 g/mol. The van der Waals surface area contributed by atoms with E-state index in [1.165, 1.54) is 0 Å². The first-order valence-corrected chi connectivity index (χ1v) is 9.60. The SMILES string of the molecule is CCN(c1cccc(I)c1)c1ncc(C(F)(F)F)c(OC2CCCC2)n1. The van der Waals surface area contributed by atoms with E-state index in [2.05, 4.69) is 32.6 Å². The van der Waals surface area contributed by atoms with Crippen LogP contribution in [0.1, 0.15) is 38.2 Å². The van der Waals surface area contributed by atoms with Gasteiger partial charge in [0.25, 0.3) is 0 Å². The van der Waals surface area contributed by atoms with Crippen LogP contribution in [0.15, 0.2) is 30.5 Å². The van der Waals surface area contributed by atoms with Gasteiger partial charge in [0, 0.05) is 22.0 Å². The average Bonchev–Trinajstić information content (AvgIpc) is 3.08. The Hall–Kier alpha value is -1.58. The molecule has 1 aromatic heterocycles. The zero-order chi connectivity index (χ0) is 18.7. The summed E-state index contributed by atoms with van der Waals surface area (Å²) >= 11 is 2.19. The third kappa shape index (κ3) is 4.39. The van der Waals surface area contributed by atoms with Crippen LogP contribution in [0.25, 0.3) is 0 Å². The third-order valence-electron chi connectivity index (χ3n) is 4.30. The van der Waals surface area contributed by atoms with Gasteiger partial charge >= 0.3 is 6.18 Å². The number of aromatic nitrogens is 2. The van der Waals surface area contributed by atoms with Gasteiger partial charge in [-0.2, -0.15) is 18.2 Å². The smallest absolute Gasteiger partial charge is 0.423 e. The highest BCUT2D eigenvalue weighted by Gasteiger charge is 2.37. The van der Waals surface area contributed by atoms with Crippen LogP contribution in [0, 0.1) is 3.57 Å². The summed E-state index contributed by atoms with van der Waals surface area (Å²) < 4.78 is 46.7. The first-order chi connectivity index (χ1) is 12.4. The Labute approximate surface area is 163 Å². The molecule has 0 bridgehead atoms. The first kappa shape index (κ1) is 19.2. The molecule has 2 aromatic rings. The number of ether oxygens (including phenoxy) is 1. The van der Waals surface area contributed by atoms with E-state index in [4.69, 9.17) is 4.74 Å². The zero-order valence-electron chi connectivity index (χ0n) is 14.3. The lowest BCUT2D eigenvalue weighted by atomic mass is 10.2. The summed E-state index contributed by atoms with van der Waals surface area (Å²) in [5.41, 5.74) is -0.0992. The lowest BCUT2D eigenvalue weighted by molar-refractivity contribution is -0.139. The van der Waals surface area contributed by atoms with Crippen molar-refractivity contribution in [3.63, 3.8) is 0 Å². The van der Waals surface area contributed by atoms with Crippen LogP contribution in [-0.2, 0) is 6.18 Å². The van der Waals surface area contributed by atoms with Crippen molar-refractivity contribution in [3.8, 4) is 5.88 Å². The fraction of sp³-hybridized carbons (Fsp3) is 0.444. The number of anilines is 2. The van der Waals surface area contributed by atoms with E-state index in [9.17, 15) is 13.2 Å². The number of alkyl halides is 3. The number of nitrogens with zero attached hydrogens (tertiary/aromatic N) is 3. The minimum atomic E-state index is -4.55. The predicted octanol–water partition coefficient (Wildman–Crippen LogP) is 5.58. The minimum Gasteiger partial charge on any atom is -0.474 e. The zero-order valence-corrected chi connectivity index (χ0v) is 16.4. The highest BCUT2D eigenvalue weighted by Crippen LogP contribution is 2.37. The first-order valence-electron chi connectivity index (χ1n) is 8.52. The second-order valence-corrected chi connectivity index (χ2v) is 7.38. The van der Waals surface area contributed by atoms with Crippen LogP contribution in [0.4, 0.5) is 24.8 Å². The molecule has 1 aliphatic rings. The van der Waals surface area contributed by atoms with Gasteiger partial charge in [0.15, 0.2) is 0 Å². The Morgan fingerprint density at radius 3 is 2.62 bits per heavy atom. The fourth-order valence-electron chi connectivity index (χ4n) is 3.02. The quantitative estimate of drug-likeness (QED) is 0.528. The number of hydrogen-bond donors (Lipinski definition) is 0. The van der Waals surface area contributed by atoms with Crippen molar-refractivity contribution in [2.75, 3.05) is 11.4 Å². The maximum absolute atomic E-state index is 13.3. The van der Waals surface area contributed by atoms with Gasteiger partial charge in [0.05, 0.1) is 0 Å². The van der Waals surface area contributed by atoms with Gasteiger partial charge in [0.2, 0.25) is 11.8 Å². The lowest BCUT2D eigenvalue weighted by Gasteiger charge is -2.23. The van der Waals surface area contributed by atoms with E-state index in [1.54, 1.807) is 4.90 Å². The summed E-state index contributed by atoms with van der Waals surface area (Å²) in [6.45, 7) is 2.42. The molecule has 0 saturated heterocycles. The summed E-state index contributed by atoms with van der Waals surface area (Å²) in [7, 11) is 0. The highest BCUT2D eigenvalue weighted by atomic mass is 127. The minimum absolute atomic E-state index is 0.204. The number of rotatable bonds is 5. The molecular weight excluding hydrogens is 458 g/mol. The van der Waals surface area contributed by atoms with Gasteiger partial charge in [-0.05, 0) is 73.4 Å². The molecule has 0 unspecified atom stereocenters. The maximum atomic E-state index is 13.3. The third-order valence-corrected chi connectivity index (χ3v) is 4.98. The second kappa shape index (κ2) is 7.98. The Morgan fingerprint density at radius 1 is 1.27 bits per heavy atom. The van der Waals surface area contributed by atoms with Crippen LogP contribution < -0.4 is 9.64 Å². The molecule has 3 rings (SSSR count). The molecule has 8 heteroatoms. The molecule has 4 nitrogen and oxygen atoms in total. The molecule has 1 aliphatic carbocycles. The number of halogens is 4. The van der Waals surface area contributed by atoms with Crippen molar-refractivity contribution < 1.29 is 17.9 Å². The molecular formula is C18H19F3IN3O. The van der Waals surface area contributed by atoms with Crippen LogP contribution in [0.5, 0.6) is 5.88 Å². The van der Waals surface area contributed by atoms with Gasteiger partial charge in [-0.25, -0.2) is 4.98 Å². The van der Waals surface area contributed by atoms with Gasteiger partial charge in [-0.3, -0.25) is 0 Å². The average molecular weight is 477 g/mol. The summed E-state index contributed by atoms with van der Waals surface area (Å²) in [4.78, 5) is 9.89. The van der Waals surface area contributed by atoms with Crippen LogP contribution in [-0.4, -0.2) is 22.6 Å². The molecule has 26 heavy (non-hydrogen) atoms. The Bertz CT molecular complexity index is 764. The standard InChI is InChI=1S/C18H19F3IN3O/c1-2-25(13-7-5-6-12(22)10-13)17-23-11-15(18(19,20)21)16(24-17)26-14-8-3-4-9-14/h5-7,10-11,14H,2-4,8-9H2,1H3. The molecule has 0 N–H and O–H groups in total. The molecule has 1 saturated carbocycles. The Kier molecular flexibility index (Phi) is 5.89. The van der Waals surface area contributed by atoms with E-state index >= 15 is 0 Å². The van der Waals surface area contributed by atoms with E-state index in [0.29, 0.717) is 6.54 Å². The van der Waals surface area contributed by atoms with Gasteiger partial charge < -0.3 is 9.64 Å². The van der Waals surface area contributed by atoms with Crippen LogP contribution in [0.2, 0.25) is 0 Å². The molecule has 1 fully saturated rings. The normalized spacial score (nSPS) is 15.3. The van der Waals surface area contributed by atoms with E-state index in [0.717, 1.165) is 41.1 Å². The fourth-order valence-corrected chi connectivity index (χ4v) is 3.55. The summed E-state index contributed by atoms with van der Waals surface area (Å²) in [6.07, 6.45) is -0.502. The van der Waals surface area contributed by atoms with Crippen molar-refractivity contribution in [2.45, 2.75) is 44.9 Å². The molecule has 0 spiro atoms. The van der Waals surface area contributed by atoms with Crippen LogP contribution in [0.3, 0.4) is 0 Å². The largest absolute Gasteiger partial charge is 0.474 e. The number of hydrogen-bond acceptors (Lipinski definition) is 4. The molecule has 1 heterocycles. The highest BCUT2D eigenvalue weighted by molar-refractivity contribution is 14.1.